The molecule has 1 atom stereocenters. The zero-order chi connectivity index (χ0) is 14.7. The summed E-state index contributed by atoms with van der Waals surface area (Å²) in [6, 6.07) is 0. The van der Waals surface area contributed by atoms with Gasteiger partial charge < -0.3 is 4.74 Å². The van der Waals surface area contributed by atoms with E-state index in [9.17, 15) is 4.79 Å². The lowest BCUT2D eigenvalue weighted by Crippen LogP contribution is -2.29. The lowest BCUT2D eigenvalue weighted by molar-refractivity contribution is -0.154. The molecule has 0 aliphatic carbocycles. The fraction of sp³-hybridized carbons (Fsp3) is 0.706. The molecule has 19 heavy (non-hydrogen) atoms. The summed E-state index contributed by atoms with van der Waals surface area (Å²) in [4.78, 5) is 11.8. The summed E-state index contributed by atoms with van der Waals surface area (Å²) in [6.07, 6.45) is 10.5. The quantitative estimate of drug-likeness (QED) is 0.309. The number of ether oxygens (including phenoxy) is 1. The minimum absolute atomic E-state index is 0.101. The highest BCUT2D eigenvalue weighted by Crippen LogP contribution is 2.21. The Morgan fingerprint density at radius 1 is 1.26 bits per heavy atom. The van der Waals surface area contributed by atoms with Gasteiger partial charge in [0.2, 0.25) is 0 Å². The van der Waals surface area contributed by atoms with Gasteiger partial charge in [0, 0.05) is 6.42 Å². The van der Waals surface area contributed by atoms with Crippen LogP contribution in [0, 0.1) is 0 Å². The molecule has 0 heterocycles. The zero-order valence-corrected chi connectivity index (χ0v) is 13.1. The Morgan fingerprint density at radius 3 is 2.47 bits per heavy atom. The first-order valence-electron chi connectivity index (χ1n) is 7.42. The molecule has 2 nitrogen and oxygen atoms in total. The topological polar surface area (TPSA) is 26.3 Å². The van der Waals surface area contributed by atoms with E-state index in [-0.39, 0.29) is 5.97 Å². The van der Waals surface area contributed by atoms with E-state index in [1.54, 1.807) is 6.08 Å². The molecule has 0 aromatic heterocycles. The average molecular weight is 266 g/mol. The van der Waals surface area contributed by atoms with Gasteiger partial charge in [0.05, 0.1) is 0 Å². The van der Waals surface area contributed by atoms with Gasteiger partial charge in [-0.15, -0.1) is 0 Å². The highest BCUT2D eigenvalue weighted by Gasteiger charge is 2.23. The monoisotopic (exact) mass is 266 g/mol. The number of hydrogen-bond donors (Lipinski definition) is 0. The standard InChI is InChI=1S/C17H30O2/c1-6-8-9-10-13-16(18)19-17(5,7-2)14-11-12-15(3)4/h7,12H,2,6,8-11,13-14H2,1,3-5H3. The maximum Gasteiger partial charge on any atom is 0.306 e. The van der Waals surface area contributed by atoms with E-state index in [1.807, 2.05) is 6.92 Å². The van der Waals surface area contributed by atoms with Gasteiger partial charge in [-0.25, -0.2) is 0 Å². The Morgan fingerprint density at radius 2 is 1.95 bits per heavy atom. The number of rotatable bonds is 10. The highest BCUT2D eigenvalue weighted by molar-refractivity contribution is 5.70. The fourth-order valence-corrected chi connectivity index (χ4v) is 1.85. The van der Waals surface area contributed by atoms with Crippen molar-refractivity contribution in [2.75, 3.05) is 0 Å². The van der Waals surface area contributed by atoms with E-state index in [0.717, 1.165) is 25.7 Å². The van der Waals surface area contributed by atoms with Crippen molar-refractivity contribution in [1.82, 2.24) is 0 Å². The molecule has 0 fully saturated rings. The van der Waals surface area contributed by atoms with Crippen LogP contribution in [0.4, 0.5) is 0 Å². The molecule has 0 aliphatic heterocycles. The summed E-state index contributed by atoms with van der Waals surface area (Å²) in [5.74, 6) is -0.101. The number of carbonyl (C=O) groups excluding carboxylic acids is 1. The first kappa shape index (κ1) is 17.9. The summed E-state index contributed by atoms with van der Waals surface area (Å²) in [5.41, 5.74) is 0.755. The summed E-state index contributed by atoms with van der Waals surface area (Å²) < 4.78 is 5.56. The van der Waals surface area contributed by atoms with Crippen LogP contribution in [0.3, 0.4) is 0 Å². The SMILES string of the molecule is C=CC(C)(CCC=C(C)C)OC(=O)CCCCCC. The molecule has 1 unspecified atom stereocenters. The van der Waals surface area contributed by atoms with Gasteiger partial charge >= 0.3 is 5.97 Å². The van der Waals surface area contributed by atoms with Gasteiger partial charge in [0.15, 0.2) is 0 Å². The van der Waals surface area contributed by atoms with Gasteiger partial charge in [-0.1, -0.05) is 44.4 Å². The molecule has 0 N–H and O–H groups in total. The molecule has 0 saturated heterocycles. The molecule has 0 aromatic carbocycles. The van der Waals surface area contributed by atoms with Crippen LogP contribution in [0.5, 0.6) is 0 Å². The highest BCUT2D eigenvalue weighted by atomic mass is 16.6. The summed E-state index contributed by atoms with van der Waals surface area (Å²) in [7, 11) is 0. The van der Waals surface area contributed by atoms with Crippen molar-refractivity contribution < 1.29 is 9.53 Å². The number of allylic oxidation sites excluding steroid dienone is 2. The molecule has 0 bridgehead atoms. The maximum absolute atomic E-state index is 11.8. The molecule has 0 amide bonds. The van der Waals surface area contributed by atoms with Crippen LogP contribution in [0.25, 0.3) is 0 Å². The Labute approximate surface area is 118 Å². The zero-order valence-electron chi connectivity index (χ0n) is 13.1. The minimum Gasteiger partial charge on any atom is -0.455 e. The Kier molecular flexibility index (Phi) is 9.28. The van der Waals surface area contributed by atoms with Crippen LogP contribution < -0.4 is 0 Å². The van der Waals surface area contributed by atoms with Crippen LogP contribution in [0.15, 0.2) is 24.3 Å². The molecular formula is C17H30O2. The number of unbranched alkanes of at least 4 members (excludes halogenated alkanes) is 3. The Hall–Kier alpha value is -1.05. The smallest absolute Gasteiger partial charge is 0.306 e. The van der Waals surface area contributed by atoms with Crippen LogP contribution in [0.1, 0.15) is 72.6 Å². The van der Waals surface area contributed by atoms with Gasteiger partial charge in [0.25, 0.3) is 0 Å². The van der Waals surface area contributed by atoms with Gasteiger partial charge in [-0.3, -0.25) is 4.79 Å². The Balaban J connectivity index is 4.10. The second-order valence-corrected chi connectivity index (χ2v) is 5.62. The van der Waals surface area contributed by atoms with Crippen molar-refractivity contribution in [3.05, 3.63) is 24.3 Å². The maximum atomic E-state index is 11.8. The van der Waals surface area contributed by atoms with Crippen molar-refractivity contribution in [3.8, 4) is 0 Å². The van der Waals surface area contributed by atoms with E-state index < -0.39 is 5.60 Å². The molecule has 0 radical (unpaired) electrons. The molecule has 110 valence electrons. The van der Waals surface area contributed by atoms with Crippen LogP contribution >= 0.6 is 0 Å². The van der Waals surface area contributed by atoms with Crippen LogP contribution in [-0.4, -0.2) is 11.6 Å². The minimum atomic E-state index is -0.534. The third kappa shape index (κ3) is 9.52. The molecule has 2 heteroatoms. The third-order valence-electron chi connectivity index (χ3n) is 3.21. The Bertz CT molecular complexity index is 300. The van der Waals surface area contributed by atoms with Crippen molar-refractivity contribution in [2.45, 2.75) is 78.2 Å². The van der Waals surface area contributed by atoms with Crippen molar-refractivity contribution >= 4 is 5.97 Å². The van der Waals surface area contributed by atoms with E-state index in [2.05, 4.69) is 33.4 Å². The first-order chi connectivity index (χ1) is 8.93. The molecule has 0 aromatic rings. The second kappa shape index (κ2) is 9.82. The van der Waals surface area contributed by atoms with Gasteiger partial charge in [-0.2, -0.15) is 0 Å². The normalized spacial score (nSPS) is 13.5. The average Bonchev–Trinajstić information content (AvgIpc) is 2.34. The predicted octanol–water partition coefficient (Wildman–Crippen LogP) is 5.19. The molecular weight excluding hydrogens is 236 g/mol. The molecule has 0 saturated carbocycles. The van der Waals surface area contributed by atoms with E-state index in [4.69, 9.17) is 4.74 Å². The molecule has 0 spiro atoms. The van der Waals surface area contributed by atoms with Gasteiger partial charge in [-0.05, 0) is 46.1 Å². The largest absolute Gasteiger partial charge is 0.455 e. The fourth-order valence-electron chi connectivity index (χ4n) is 1.85. The van der Waals surface area contributed by atoms with Crippen LogP contribution in [-0.2, 0) is 9.53 Å². The van der Waals surface area contributed by atoms with Gasteiger partial charge in [0.1, 0.15) is 5.60 Å². The van der Waals surface area contributed by atoms with E-state index in [0.29, 0.717) is 6.42 Å². The van der Waals surface area contributed by atoms with Crippen molar-refractivity contribution in [1.29, 1.82) is 0 Å². The summed E-state index contributed by atoms with van der Waals surface area (Å²) >= 11 is 0. The number of carbonyl (C=O) groups is 1. The summed E-state index contributed by atoms with van der Waals surface area (Å²) in [5, 5.41) is 0. The third-order valence-corrected chi connectivity index (χ3v) is 3.21. The molecule has 0 aliphatic rings. The van der Waals surface area contributed by atoms with E-state index >= 15 is 0 Å². The first-order valence-corrected chi connectivity index (χ1v) is 7.42. The molecule has 0 rings (SSSR count). The number of esters is 1. The lowest BCUT2D eigenvalue weighted by Gasteiger charge is -2.25. The number of hydrogen-bond acceptors (Lipinski definition) is 2. The van der Waals surface area contributed by atoms with Crippen LogP contribution in [0.2, 0.25) is 0 Å². The lowest BCUT2D eigenvalue weighted by atomic mass is 9.99. The van der Waals surface area contributed by atoms with E-state index in [1.165, 1.54) is 18.4 Å². The summed E-state index contributed by atoms with van der Waals surface area (Å²) in [6.45, 7) is 12.0. The predicted molar refractivity (Wildman–Crippen MR) is 82.1 cm³/mol. The second-order valence-electron chi connectivity index (χ2n) is 5.62. The van der Waals surface area contributed by atoms with Crippen molar-refractivity contribution in [2.24, 2.45) is 0 Å². The van der Waals surface area contributed by atoms with Crippen molar-refractivity contribution in [3.63, 3.8) is 0 Å².